The van der Waals surface area contributed by atoms with E-state index in [0.717, 1.165) is 31.4 Å². The third-order valence-electron chi connectivity index (χ3n) is 4.05. The molecule has 0 amide bonds. The summed E-state index contributed by atoms with van der Waals surface area (Å²) in [5.74, 6) is -0.645. The van der Waals surface area contributed by atoms with E-state index in [4.69, 9.17) is 11.6 Å². The van der Waals surface area contributed by atoms with Crippen LogP contribution in [0.5, 0.6) is 0 Å². The number of nitrogens with zero attached hydrogens (tertiary/aromatic N) is 1. The first-order valence-corrected chi connectivity index (χ1v) is 6.72. The zero-order valence-electron chi connectivity index (χ0n) is 10.7. The second kappa shape index (κ2) is 5.33. The van der Waals surface area contributed by atoms with Gasteiger partial charge in [0.05, 0.1) is 9.95 Å². The molecule has 0 atom stereocenters. The fraction of sp³-hybridized carbons (Fsp3) is 0.538. The number of rotatable bonds is 5. The van der Waals surface area contributed by atoms with Crippen LogP contribution in [0.3, 0.4) is 0 Å². The van der Waals surface area contributed by atoms with Crippen LogP contribution in [0.4, 0.5) is 15.8 Å². The fourth-order valence-corrected chi connectivity index (χ4v) is 2.60. The van der Waals surface area contributed by atoms with E-state index in [0.29, 0.717) is 6.54 Å². The molecule has 104 valence electrons. The van der Waals surface area contributed by atoms with Gasteiger partial charge in [0.1, 0.15) is 11.5 Å². The van der Waals surface area contributed by atoms with Crippen molar-refractivity contribution in [1.29, 1.82) is 0 Å². The van der Waals surface area contributed by atoms with Crippen molar-refractivity contribution in [2.75, 3.05) is 11.9 Å². The smallest absolute Gasteiger partial charge is 0.294 e. The van der Waals surface area contributed by atoms with Crippen LogP contribution in [0, 0.1) is 21.3 Å². The van der Waals surface area contributed by atoms with Crippen LogP contribution < -0.4 is 5.32 Å². The lowest BCUT2D eigenvalue weighted by molar-refractivity contribution is -0.384. The molecule has 0 bridgehead atoms. The van der Waals surface area contributed by atoms with Gasteiger partial charge < -0.3 is 5.32 Å². The molecule has 1 aromatic carbocycles. The molecule has 1 fully saturated rings. The second-order valence-corrected chi connectivity index (χ2v) is 5.51. The zero-order valence-corrected chi connectivity index (χ0v) is 11.5. The van der Waals surface area contributed by atoms with Crippen molar-refractivity contribution in [1.82, 2.24) is 0 Å². The molecule has 1 N–H and O–H groups in total. The minimum absolute atomic E-state index is 0.183. The first-order chi connectivity index (χ1) is 8.97. The summed E-state index contributed by atoms with van der Waals surface area (Å²) in [5, 5.41) is 13.7. The molecular formula is C13H16ClFN2O2. The van der Waals surface area contributed by atoms with Crippen LogP contribution in [-0.4, -0.2) is 11.5 Å². The third kappa shape index (κ3) is 2.81. The molecule has 4 nitrogen and oxygen atoms in total. The summed E-state index contributed by atoms with van der Waals surface area (Å²) in [6.07, 6.45) is 4.43. The van der Waals surface area contributed by atoms with Crippen LogP contribution in [0.2, 0.25) is 5.02 Å². The monoisotopic (exact) mass is 286 g/mol. The van der Waals surface area contributed by atoms with E-state index in [-0.39, 0.29) is 21.8 Å². The van der Waals surface area contributed by atoms with E-state index in [9.17, 15) is 14.5 Å². The maximum Gasteiger partial charge on any atom is 0.294 e. The van der Waals surface area contributed by atoms with E-state index in [1.165, 1.54) is 6.42 Å². The first-order valence-electron chi connectivity index (χ1n) is 6.35. The molecular weight excluding hydrogens is 271 g/mol. The molecule has 0 aromatic heterocycles. The van der Waals surface area contributed by atoms with Gasteiger partial charge in [-0.2, -0.15) is 0 Å². The summed E-state index contributed by atoms with van der Waals surface area (Å²) >= 11 is 5.58. The first kappa shape index (κ1) is 14.1. The quantitative estimate of drug-likeness (QED) is 0.645. The van der Waals surface area contributed by atoms with Crippen molar-refractivity contribution in [3.8, 4) is 0 Å². The molecule has 1 aromatic rings. The minimum Gasteiger partial charge on any atom is -0.379 e. The number of hydrogen-bond donors (Lipinski definition) is 1. The molecule has 19 heavy (non-hydrogen) atoms. The number of nitro groups is 1. The molecule has 2 rings (SSSR count). The molecule has 0 heterocycles. The number of nitro benzene ring substituents is 1. The van der Waals surface area contributed by atoms with E-state index in [1.807, 2.05) is 0 Å². The number of halogens is 2. The Morgan fingerprint density at radius 3 is 2.68 bits per heavy atom. The number of nitrogens with one attached hydrogen (secondary N) is 1. The molecule has 6 heteroatoms. The van der Waals surface area contributed by atoms with Crippen LogP contribution in [0.15, 0.2) is 12.1 Å². The summed E-state index contributed by atoms with van der Waals surface area (Å²) in [6, 6.07) is 2.15. The van der Waals surface area contributed by atoms with Gasteiger partial charge in [0.15, 0.2) is 0 Å². The zero-order chi connectivity index (χ0) is 14.0. The van der Waals surface area contributed by atoms with Crippen LogP contribution in [-0.2, 0) is 0 Å². The normalized spacial score (nSPS) is 16.8. The van der Waals surface area contributed by atoms with Gasteiger partial charge in [0.25, 0.3) is 5.69 Å². The number of benzene rings is 1. The molecule has 0 spiro atoms. The SMILES string of the molecule is CCC1(CNc2cc(F)c(Cl)cc2[N+](=O)[O-])CCC1. The average Bonchev–Trinajstić information content (AvgIpc) is 2.32. The van der Waals surface area contributed by atoms with Crippen LogP contribution in [0.25, 0.3) is 0 Å². The highest BCUT2D eigenvalue weighted by Crippen LogP contribution is 2.44. The maximum atomic E-state index is 13.4. The number of hydrogen-bond acceptors (Lipinski definition) is 3. The van der Waals surface area contributed by atoms with Gasteiger partial charge in [-0.3, -0.25) is 10.1 Å². The van der Waals surface area contributed by atoms with Gasteiger partial charge >= 0.3 is 0 Å². The van der Waals surface area contributed by atoms with Gasteiger partial charge in [0, 0.05) is 18.7 Å². The Morgan fingerprint density at radius 2 is 2.21 bits per heavy atom. The maximum absolute atomic E-state index is 13.4. The molecule has 0 saturated heterocycles. The summed E-state index contributed by atoms with van der Waals surface area (Å²) in [7, 11) is 0. The lowest BCUT2D eigenvalue weighted by Gasteiger charge is -2.41. The van der Waals surface area contributed by atoms with Crippen molar-refractivity contribution < 1.29 is 9.31 Å². The summed E-state index contributed by atoms with van der Waals surface area (Å²) in [5.41, 5.74) is 0.216. The highest BCUT2D eigenvalue weighted by atomic mass is 35.5. The van der Waals surface area contributed by atoms with E-state index in [1.54, 1.807) is 0 Å². The van der Waals surface area contributed by atoms with Gasteiger partial charge in [-0.15, -0.1) is 0 Å². The topological polar surface area (TPSA) is 55.2 Å². The van der Waals surface area contributed by atoms with Gasteiger partial charge in [0.2, 0.25) is 0 Å². The van der Waals surface area contributed by atoms with E-state index in [2.05, 4.69) is 12.2 Å². The van der Waals surface area contributed by atoms with Gasteiger partial charge in [-0.25, -0.2) is 4.39 Å². The molecule has 1 aliphatic rings. The second-order valence-electron chi connectivity index (χ2n) is 5.10. The summed E-state index contributed by atoms with van der Waals surface area (Å²) < 4.78 is 13.4. The van der Waals surface area contributed by atoms with Crippen molar-refractivity contribution in [3.05, 3.63) is 33.1 Å². The molecule has 0 unspecified atom stereocenters. The lowest BCUT2D eigenvalue weighted by atomic mass is 9.67. The Kier molecular flexibility index (Phi) is 3.94. The summed E-state index contributed by atoms with van der Waals surface area (Å²) in [6.45, 7) is 2.74. The van der Waals surface area contributed by atoms with Crippen molar-refractivity contribution in [3.63, 3.8) is 0 Å². The standard InChI is InChI=1S/C13H16ClFN2O2/c1-2-13(4-3-5-13)8-16-11-7-10(15)9(14)6-12(11)17(18)19/h6-7,16H,2-5,8H2,1H3. The van der Waals surface area contributed by atoms with E-state index < -0.39 is 10.7 Å². The third-order valence-corrected chi connectivity index (χ3v) is 4.34. The Morgan fingerprint density at radius 1 is 1.53 bits per heavy atom. The highest BCUT2D eigenvalue weighted by Gasteiger charge is 2.35. The number of anilines is 1. The Labute approximate surface area is 116 Å². The predicted octanol–water partition coefficient (Wildman–Crippen LogP) is 4.38. The fourth-order valence-electron chi connectivity index (χ4n) is 2.44. The van der Waals surface area contributed by atoms with E-state index >= 15 is 0 Å². The highest BCUT2D eigenvalue weighted by molar-refractivity contribution is 6.31. The Hall–Kier alpha value is -1.36. The molecule has 1 aliphatic carbocycles. The Balaban J connectivity index is 2.19. The predicted molar refractivity (Wildman–Crippen MR) is 73.1 cm³/mol. The molecule has 1 saturated carbocycles. The largest absolute Gasteiger partial charge is 0.379 e. The van der Waals surface area contributed by atoms with Gasteiger partial charge in [-0.05, 0) is 24.7 Å². The molecule has 0 aliphatic heterocycles. The molecule has 0 radical (unpaired) electrons. The summed E-state index contributed by atoms with van der Waals surface area (Å²) in [4.78, 5) is 10.4. The van der Waals surface area contributed by atoms with Crippen molar-refractivity contribution in [2.45, 2.75) is 32.6 Å². The van der Waals surface area contributed by atoms with Crippen LogP contribution in [0.1, 0.15) is 32.6 Å². The van der Waals surface area contributed by atoms with Crippen molar-refractivity contribution in [2.24, 2.45) is 5.41 Å². The minimum atomic E-state index is -0.645. The van der Waals surface area contributed by atoms with Crippen molar-refractivity contribution >= 4 is 23.0 Å². The average molecular weight is 287 g/mol. The Bertz CT molecular complexity index is 498. The van der Waals surface area contributed by atoms with Gasteiger partial charge in [-0.1, -0.05) is 24.9 Å². The lowest BCUT2D eigenvalue weighted by Crippen LogP contribution is -2.36. The van der Waals surface area contributed by atoms with Crippen LogP contribution >= 0.6 is 11.6 Å².